The van der Waals surface area contributed by atoms with Crippen LogP contribution in [0.2, 0.25) is 0 Å². The van der Waals surface area contributed by atoms with Crippen molar-refractivity contribution in [2.75, 3.05) is 6.61 Å². The maximum atomic E-state index is 11.6. The molecule has 27 heavy (non-hydrogen) atoms. The smallest absolute Gasteiger partial charge is 0.336 e. The summed E-state index contributed by atoms with van der Waals surface area (Å²) in [7, 11) is 0. The number of aliphatic hydroxyl groups excluding tert-OH is 3. The van der Waals surface area contributed by atoms with Crippen LogP contribution < -0.4 is 15.7 Å². The Hall–Kier alpha value is -2.46. The van der Waals surface area contributed by atoms with Crippen molar-refractivity contribution in [2.24, 2.45) is 0 Å². The van der Waals surface area contributed by atoms with E-state index in [0.29, 0.717) is 5.58 Å². The molecule has 2 heterocycles. The molecule has 0 saturated carbocycles. The van der Waals surface area contributed by atoms with Crippen LogP contribution in [0.1, 0.15) is 12.5 Å². The average molecular weight is 379 g/mol. The van der Waals surface area contributed by atoms with Gasteiger partial charge in [0, 0.05) is 24.4 Å². The van der Waals surface area contributed by atoms with Gasteiger partial charge in [-0.2, -0.15) is 0 Å². The number of aryl methyl sites for hydroxylation is 1. The maximum Gasteiger partial charge on any atom is 0.336 e. The Balaban J connectivity index is 1.91. The number of hydrogen-bond donors (Lipinski definition) is 4. The number of ether oxygens (including phenoxy) is 2. The van der Waals surface area contributed by atoms with Crippen LogP contribution in [0, 0.1) is 6.92 Å². The third kappa shape index (κ3) is 3.96. The van der Waals surface area contributed by atoms with E-state index in [0.717, 1.165) is 10.9 Å². The number of rotatable bonds is 4. The van der Waals surface area contributed by atoms with Gasteiger partial charge in [-0.25, -0.2) is 4.79 Å². The molecule has 1 aromatic carbocycles. The molecular formula is C18H21NO8. The molecule has 9 heteroatoms. The molecule has 0 bridgehead atoms. The number of aliphatic hydroxyl groups is 3. The average Bonchev–Trinajstić information content (AvgIpc) is 2.60. The maximum absolute atomic E-state index is 11.6. The van der Waals surface area contributed by atoms with Gasteiger partial charge >= 0.3 is 5.63 Å². The fraction of sp³-hybridized carbons (Fsp3) is 0.444. The normalized spacial score (nSPS) is 28.1. The lowest BCUT2D eigenvalue weighted by Gasteiger charge is -2.42. The molecule has 0 spiro atoms. The minimum absolute atomic E-state index is 0.261. The number of nitrogens with one attached hydrogen (secondary N) is 1. The largest absolute Gasteiger partial charge is 0.462 e. The molecule has 1 aliphatic rings. The van der Waals surface area contributed by atoms with Gasteiger partial charge < -0.3 is 34.5 Å². The van der Waals surface area contributed by atoms with Gasteiger partial charge in [-0.15, -0.1) is 0 Å². The van der Waals surface area contributed by atoms with Gasteiger partial charge in [0.15, 0.2) is 0 Å². The topological polar surface area (TPSA) is 138 Å². The van der Waals surface area contributed by atoms with E-state index in [1.54, 1.807) is 19.1 Å². The molecule has 1 aliphatic heterocycles. The van der Waals surface area contributed by atoms with E-state index in [1.165, 1.54) is 19.1 Å². The van der Waals surface area contributed by atoms with Crippen molar-refractivity contribution in [1.29, 1.82) is 0 Å². The van der Waals surface area contributed by atoms with Crippen LogP contribution in [-0.4, -0.2) is 58.5 Å². The van der Waals surface area contributed by atoms with Crippen molar-refractivity contribution in [3.63, 3.8) is 0 Å². The van der Waals surface area contributed by atoms with Crippen LogP contribution in [0.4, 0.5) is 0 Å². The Labute approximate surface area is 154 Å². The lowest BCUT2D eigenvalue weighted by molar-refractivity contribution is -0.244. The number of carbonyl (C=O) groups excluding carboxylic acids is 1. The molecular weight excluding hydrogens is 358 g/mol. The molecule has 9 nitrogen and oxygen atoms in total. The van der Waals surface area contributed by atoms with E-state index in [9.17, 15) is 24.9 Å². The summed E-state index contributed by atoms with van der Waals surface area (Å²) in [6.45, 7) is 2.48. The van der Waals surface area contributed by atoms with Crippen molar-refractivity contribution in [2.45, 2.75) is 44.5 Å². The molecule has 1 fully saturated rings. The molecule has 0 radical (unpaired) electrons. The number of fused-ring (bicyclic) bond motifs is 1. The fourth-order valence-electron chi connectivity index (χ4n) is 3.08. The first-order chi connectivity index (χ1) is 12.8. The zero-order valence-corrected chi connectivity index (χ0v) is 14.8. The van der Waals surface area contributed by atoms with Gasteiger partial charge in [-0.1, -0.05) is 0 Å². The number of hydrogen-bond acceptors (Lipinski definition) is 8. The van der Waals surface area contributed by atoms with Crippen LogP contribution in [0.3, 0.4) is 0 Å². The second-order valence-electron chi connectivity index (χ2n) is 6.46. The molecule has 1 amide bonds. The number of benzene rings is 1. The molecule has 4 N–H and O–H groups in total. The fourth-order valence-corrected chi connectivity index (χ4v) is 3.08. The minimum Gasteiger partial charge on any atom is -0.462 e. The van der Waals surface area contributed by atoms with Gasteiger partial charge in [-0.05, 0) is 24.6 Å². The second-order valence-corrected chi connectivity index (χ2v) is 6.46. The summed E-state index contributed by atoms with van der Waals surface area (Å²) in [5.74, 6) is -0.192. The van der Waals surface area contributed by atoms with Crippen LogP contribution in [0.5, 0.6) is 5.75 Å². The highest BCUT2D eigenvalue weighted by atomic mass is 16.7. The molecule has 146 valence electrons. The summed E-state index contributed by atoms with van der Waals surface area (Å²) in [6.07, 6.45) is -5.08. The van der Waals surface area contributed by atoms with Gasteiger partial charge in [0.2, 0.25) is 12.2 Å². The molecule has 4 unspecified atom stereocenters. The SMILES string of the molecule is CC(=O)N[C@@H]1C(Oc2ccc3c(C)cc(=O)oc3c2)OC(CO)C(O)C1O. The molecule has 1 saturated heterocycles. The molecule has 3 rings (SSSR count). The van der Waals surface area contributed by atoms with E-state index in [2.05, 4.69) is 5.32 Å². The van der Waals surface area contributed by atoms with Crippen molar-refractivity contribution < 1.29 is 34.0 Å². The van der Waals surface area contributed by atoms with E-state index in [4.69, 9.17) is 13.9 Å². The van der Waals surface area contributed by atoms with Crippen LogP contribution in [-0.2, 0) is 9.53 Å². The van der Waals surface area contributed by atoms with Crippen molar-refractivity contribution in [3.8, 4) is 5.75 Å². The van der Waals surface area contributed by atoms with Crippen LogP contribution in [0.25, 0.3) is 11.0 Å². The highest BCUT2D eigenvalue weighted by Gasteiger charge is 2.46. The Kier molecular flexibility index (Phi) is 5.47. The molecule has 0 aliphatic carbocycles. The van der Waals surface area contributed by atoms with Crippen LogP contribution >= 0.6 is 0 Å². The quantitative estimate of drug-likeness (QED) is 0.518. The van der Waals surface area contributed by atoms with E-state index >= 15 is 0 Å². The zero-order chi connectivity index (χ0) is 19.7. The predicted molar refractivity (Wildman–Crippen MR) is 93.2 cm³/mol. The highest BCUT2D eigenvalue weighted by Crippen LogP contribution is 2.27. The Morgan fingerprint density at radius 3 is 2.67 bits per heavy atom. The monoisotopic (exact) mass is 379 g/mol. The first kappa shape index (κ1) is 19.3. The minimum atomic E-state index is -1.41. The van der Waals surface area contributed by atoms with Crippen LogP contribution in [0.15, 0.2) is 33.5 Å². The number of amides is 1. The number of carbonyl (C=O) groups is 1. The predicted octanol–water partition coefficient (Wildman–Crippen LogP) is -0.576. The highest BCUT2D eigenvalue weighted by molar-refractivity contribution is 5.81. The zero-order valence-electron chi connectivity index (χ0n) is 14.8. The first-order valence-electron chi connectivity index (χ1n) is 8.41. The van der Waals surface area contributed by atoms with Crippen molar-refractivity contribution in [1.82, 2.24) is 5.32 Å². The Bertz CT molecular complexity index is 895. The summed E-state index contributed by atoms with van der Waals surface area (Å²) < 4.78 is 16.4. The second kappa shape index (κ2) is 7.65. The molecule has 1 aromatic heterocycles. The summed E-state index contributed by atoms with van der Waals surface area (Å²) in [6, 6.07) is 5.12. The molecule has 2 aromatic rings. The lowest BCUT2D eigenvalue weighted by atomic mass is 9.97. The van der Waals surface area contributed by atoms with Gasteiger partial charge in [0.1, 0.15) is 35.7 Å². The Morgan fingerprint density at radius 2 is 2.00 bits per heavy atom. The summed E-state index contributed by atoms with van der Waals surface area (Å²) in [5.41, 5.74) is 0.557. The van der Waals surface area contributed by atoms with Gasteiger partial charge in [0.05, 0.1) is 6.61 Å². The van der Waals surface area contributed by atoms with E-state index in [1.807, 2.05) is 0 Å². The van der Waals surface area contributed by atoms with Gasteiger partial charge in [-0.3, -0.25) is 4.79 Å². The Morgan fingerprint density at radius 1 is 1.26 bits per heavy atom. The lowest BCUT2D eigenvalue weighted by Crippen LogP contribution is -2.65. The van der Waals surface area contributed by atoms with Gasteiger partial charge in [0.25, 0.3) is 0 Å². The summed E-state index contributed by atoms with van der Waals surface area (Å²) in [5, 5.41) is 32.9. The van der Waals surface area contributed by atoms with Crippen molar-refractivity contribution >= 4 is 16.9 Å². The standard InChI is InChI=1S/C18H21NO8/c1-8-5-14(22)26-12-6-10(3-4-11(8)12)25-18-15(19-9(2)21)17(24)16(23)13(7-20)27-18/h3-6,13,15-18,20,23-24H,7H2,1-2H3,(H,19,21)/t13?,15-,16?,17?,18?/m0/s1. The van der Waals surface area contributed by atoms with Crippen molar-refractivity contribution in [3.05, 3.63) is 40.2 Å². The summed E-state index contributed by atoms with van der Waals surface area (Å²) >= 11 is 0. The third-order valence-electron chi connectivity index (χ3n) is 4.43. The van der Waals surface area contributed by atoms with E-state index in [-0.39, 0.29) is 5.75 Å². The molecule has 5 atom stereocenters. The van der Waals surface area contributed by atoms with E-state index < -0.39 is 48.8 Å². The third-order valence-corrected chi connectivity index (χ3v) is 4.43. The summed E-state index contributed by atoms with van der Waals surface area (Å²) in [4.78, 5) is 23.0. The first-order valence-corrected chi connectivity index (χ1v) is 8.41.